The van der Waals surface area contributed by atoms with E-state index in [-0.39, 0.29) is 82.8 Å². The lowest BCUT2D eigenvalue weighted by Gasteiger charge is -2.17. The summed E-state index contributed by atoms with van der Waals surface area (Å²) in [6, 6.07) is 18.4. The van der Waals surface area contributed by atoms with Crippen molar-refractivity contribution in [3.8, 4) is 56.8 Å². The number of aromatic hydroxyl groups is 1. The minimum Gasteiger partial charge on any atom is -0.504 e. The van der Waals surface area contributed by atoms with Crippen molar-refractivity contribution in [1.82, 2.24) is 18.7 Å². The van der Waals surface area contributed by atoms with Crippen LogP contribution in [0.3, 0.4) is 0 Å². The molecule has 16 heteroatoms. The molecule has 4 aromatic carbocycles. The van der Waals surface area contributed by atoms with Crippen LogP contribution in [0.1, 0.15) is 39.5 Å². The van der Waals surface area contributed by atoms with Gasteiger partial charge in [0.2, 0.25) is 0 Å². The summed E-state index contributed by atoms with van der Waals surface area (Å²) >= 11 is 25.2. The van der Waals surface area contributed by atoms with Crippen molar-refractivity contribution in [2.45, 2.75) is 71.8 Å². The Bertz CT molecular complexity index is 2600. The summed E-state index contributed by atoms with van der Waals surface area (Å²) in [6.07, 6.45) is 3.50. The van der Waals surface area contributed by atoms with E-state index in [4.69, 9.17) is 60.6 Å². The van der Waals surface area contributed by atoms with Gasteiger partial charge in [-0.25, -0.2) is 18.1 Å². The van der Waals surface area contributed by atoms with Crippen LogP contribution >= 0.6 is 46.4 Å². The molecular weight excluding hydrogens is 824 g/mol. The highest BCUT2D eigenvalue weighted by atomic mass is 35.5. The molecule has 0 saturated heterocycles. The average Bonchev–Trinajstić information content (AvgIpc) is 3.59. The quantitative estimate of drug-likeness (QED) is 0.164. The van der Waals surface area contributed by atoms with Crippen LogP contribution in [0.2, 0.25) is 20.4 Å². The number of benzene rings is 4. The molecule has 4 heterocycles. The second kappa shape index (κ2) is 16.9. The zero-order valence-electron chi connectivity index (χ0n) is 30.7. The van der Waals surface area contributed by atoms with Crippen molar-refractivity contribution in [2.24, 2.45) is 0 Å². The van der Waals surface area contributed by atoms with Gasteiger partial charge in [-0.3, -0.25) is 19.0 Å². The number of fused-ring (bicyclic) bond motifs is 2. The van der Waals surface area contributed by atoms with Crippen molar-refractivity contribution in [1.29, 1.82) is 0 Å². The Morgan fingerprint density at radius 1 is 0.579 bits per heavy atom. The van der Waals surface area contributed by atoms with Gasteiger partial charge in [0.05, 0.1) is 27.3 Å². The molecule has 0 amide bonds. The van der Waals surface area contributed by atoms with E-state index >= 15 is 0 Å². The molecular formula is C41H36Cl4F2N4O6. The largest absolute Gasteiger partial charge is 0.504 e. The van der Waals surface area contributed by atoms with E-state index in [9.17, 15) is 23.5 Å². The second-order valence-corrected chi connectivity index (χ2v) is 15.2. The van der Waals surface area contributed by atoms with Crippen molar-refractivity contribution >= 4 is 46.4 Å². The summed E-state index contributed by atoms with van der Waals surface area (Å²) in [4.78, 5) is 25.7. The molecule has 1 N–H and O–H groups in total. The van der Waals surface area contributed by atoms with Crippen molar-refractivity contribution in [2.75, 3.05) is 0 Å². The number of aromatic nitrogens is 4. The molecule has 10 nitrogen and oxygen atoms in total. The first-order chi connectivity index (χ1) is 27.3. The monoisotopic (exact) mass is 858 g/mol. The summed E-state index contributed by atoms with van der Waals surface area (Å²) in [5.41, 5.74) is -0.417. The lowest BCUT2D eigenvalue weighted by Crippen LogP contribution is -2.27. The summed E-state index contributed by atoms with van der Waals surface area (Å²) in [7, 11) is 0. The van der Waals surface area contributed by atoms with E-state index in [1.807, 2.05) is 19.9 Å². The fourth-order valence-electron chi connectivity index (χ4n) is 6.77. The van der Waals surface area contributed by atoms with E-state index in [2.05, 4.69) is 0 Å². The minimum atomic E-state index is -0.674. The Morgan fingerprint density at radius 2 is 0.982 bits per heavy atom. The van der Waals surface area contributed by atoms with Crippen LogP contribution in [-0.4, -0.2) is 29.9 Å². The van der Waals surface area contributed by atoms with Crippen LogP contribution in [0.25, 0.3) is 22.3 Å². The average molecular weight is 861 g/mol. The van der Waals surface area contributed by atoms with Crippen molar-refractivity contribution in [3.05, 3.63) is 125 Å². The molecule has 2 aromatic heterocycles. The number of phenols is 1. The predicted molar refractivity (Wildman–Crippen MR) is 217 cm³/mol. The summed E-state index contributed by atoms with van der Waals surface area (Å²) < 4.78 is 53.3. The smallest absolute Gasteiger partial charge is 0.276 e. The van der Waals surface area contributed by atoms with Gasteiger partial charge in [-0.1, -0.05) is 70.7 Å². The van der Waals surface area contributed by atoms with Crippen LogP contribution in [-0.2, 0) is 26.2 Å². The van der Waals surface area contributed by atoms with Crippen LogP contribution in [0.4, 0.5) is 8.78 Å². The van der Waals surface area contributed by atoms with Crippen LogP contribution < -0.4 is 25.3 Å². The maximum atomic E-state index is 14.8. The van der Waals surface area contributed by atoms with Crippen molar-refractivity contribution < 1.29 is 28.1 Å². The molecule has 8 rings (SSSR count). The Balaban J connectivity index is 0.000000175. The lowest BCUT2D eigenvalue weighted by atomic mass is 10.1. The number of nitrogens with zero attached hydrogens (tertiary/aromatic N) is 4. The maximum absolute atomic E-state index is 14.8. The van der Waals surface area contributed by atoms with Gasteiger partial charge in [-0.05, 0) is 88.1 Å². The number of rotatable bonds is 8. The highest BCUT2D eigenvalue weighted by Crippen LogP contribution is 2.41. The lowest BCUT2D eigenvalue weighted by molar-refractivity contribution is 0.233. The van der Waals surface area contributed by atoms with E-state index < -0.39 is 11.6 Å². The third kappa shape index (κ3) is 8.14. The van der Waals surface area contributed by atoms with E-state index in [0.717, 1.165) is 37.8 Å². The molecule has 57 heavy (non-hydrogen) atoms. The van der Waals surface area contributed by atoms with Gasteiger partial charge in [-0.15, -0.1) is 0 Å². The Hall–Kier alpha value is -4.88. The third-order valence-corrected chi connectivity index (χ3v) is 10.8. The van der Waals surface area contributed by atoms with Crippen LogP contribution in [0.15, 0.2) is 82.4 Å². The fourth-order valence-corrected chi connectivity index (χ4v) is 7.86. The van der Waals surface area contributed by atoms with Crippen LogP contribution in [0, 0.1) is 11.6 Å². The minimum absolute atomic E-state index is 0.00854. The number of hydrogen-bond acceptors (Lipinski definition) is 6. The van der Waals surface area contributed by atoms with Gasteiger partial charge in [0.25, 0.3) is 11.1 Å². The van der Waals surface area contributed by atoms with Gasteiger partial charge in [0.1, 0.15) is 33.4 Å². The number of phenolic OH excluding ortho intramolecular Hbond substituents is 1. The molecule has 2 aliphatic heterocycles. The first kappa shape index (κ1) is 40.3. The molecule has 0 aliphatic carbocycles. The van der Waals surface area contributed by atoms with Gasteiger partial charge < -0.3 is 19.3 Å². The van der Waals surface area contributed by atoms with Gasteiger partial charge in [0, 0.05) is 37.3 Å². The number of halogens is 6. The molecule has 0 radical (unpaired) electrons. The molecule has 0 atom stereocenters. The standard InChI is InChI=1S/C22H21Cl2FN2O3.C19H15Cl2FN2O3/c1-13(2)29-17-7-3-4-8-18(17)30-19-11-14(16(25)12-15(19)23)20-21(24)26-9-5-6-10-27(26)22(20)28;20-12-10-13(22)11(9-16(12)27-15-6-2-1-5-14(15)25)17-18(21)23-7-3-4-8-24(23)19(17)26/h3-4,7-8,11-13H,5-6,9-10H2,1-2H3;1-2,5-6,9-10,25H,3-4,7-8H2. The Morgan fingerprint density at radius 3 is 1.42 bits per heavy atom. The van der Waals surface area contributed by atoms with Gasteiger partial charge in [-0.2, -0.15) is 0 Å². The molecule has 6 aromatic rings. The summed E-state index contributed by atoms with van der Waals surface area (Å²) in [5.74, 6) is 0.0508. The predicted octanol–water partition coefficient (Wildman–Crippen LogP) is 11.2. The Kier molecular flexibility index (Phi) is 12.0. The zero-order chi connectivity index (χ0) is 40.5. The number of para-hydroxylation sites is 4. The number of hydrogen-bond donors (Lipinski definition) is 1. The molecule has 0 saturated carbocycles. The molecule has 0 spiro atoms. The molecule has 2 aliphatic rings. The number of ether oxygens (including phenoxy) is 3. The normalized spacial score (nSPS) is 13.4. The van der Waals surface area contributed by atoms with Gasteiger partial charge >= 0.3 is 0 Å². The molecule has 0 bridgehead atoms. The summed E-state index contributed by atoms with van der Waals surface area (Å²) in [6.45, 7) is 6.12. The second-order valence-electron chi connectivity index (χ2n) is 13.7. The van der Waals surface area contributed by atoms with E-state index in [1.54, 1.807) is 50.4 Å². The topological polar surface area (TPSA) is 102 Å². The maximum Gasteiger partial charge on any atom is 0.276 e. The zero-order valence-corrected chi connectivity index (χ0v) is 33.7. The Labute approximate surface area is 345 Å². The van der Waals surface area contributed by atoms with Gasteiger partial charge in [0.15, 0.2) is 23.0 Å². The SMILES string of the molecule is CC(C)Oc1ccccc1Oc1cc(-c2c(Cl)n3n(c2=O)CCCC3)c(F)cc1Cl.O=c1c(-c2cc(Oc3ccccc3O)c(Cl)cc2F)c(Cl)n2n1CCCC2. The highest BCUT2D eigenvalue weighted by molar-refractivity contribution is 6.34. The molecule has 0 unspecified atom stereocenters. The van der Waals surface area contributed by atoms with Crippen LogP contribution in [0.5, 0.6) is 34.5 Å². The van der Waals surface area contributed by atoms with Crippen molar-refractivity contribution in [3.63, 3.8) is 0 Å². The fraction of sp³-hybridized carbons (Fsp3) is 0.268. The first-order valence-corrected chi connectivity index (χ1v) is 19.7. The summed E-state index contributed by atoms with van der Waals surface area (Å²) in [5, 5.41) is 10.4. The molecule has 0 fully saturated rings. The third-order valence-electron chi connectivity index (χ3n) is 9.42. The molecule has 298 valence electrons. The van der Waals surface area contributed by atoms with E-state index in [1.165, 1.54) is 22.9 Å². The van der Waals surface area contributed by atoms with E-state index in [0.29, 0.717) is 37.7 Å². The highest BCUT2D eigenvalue weighted by Gasteiger charge is 2.27. The first-order valence-electron chi connectivity index (χ1n) is 18.2.